The van der Waals surface area contributed by atoms with E-state index in [9.17, 15) is 14.4 Å². The number of rotatable bonds is 6. The van der Waals surface area contributed by atoms with Gasteiger partial charge in [0.05, 0.1) is 23.6 Å². The predicted molar refractivity (Wildman–Crippen MR) is 124 cm³/mol. The van der Waals surface area contributed by atoms with Crippen molar-refractivity contribution in [2.24, 2.45) is 0 Å². The molecule has 4 aromatic rings. The van der Waals surface area contributed by atoms with E-state index < -0.39 is 11.1 Å². The van der Waals surface area contributed by atoms with E-state index in [1.54, 1.807) is 18.2 Å². The summed E-state index contributed by atoms with van der Waals surface area (Å²) in [5.41, 5.74) is 0.423. The summed E-state index contributed by atoms with van der Waals surface area (Å²) < 4.78 is 2.62. The van der Waals surface area contributed by atoms with Crippen molar-refractivity contribution in [1.29, 1.82) is 0 Å². The van der Waals surface area contributed by atoms with Gasteiger partial charge in [-0.1, -0.05) is 48.0 Å². The van der Waals surface area contributed by atoms with Crippen molar-refractivity contribution in [2.45, 2.75) is 26.1 Å². The molecule has 0 unspecified atom stereocenters. The second kappa shape index (κ2) is 8.91. The Balaban J connectivity index is 1.74. The minimum Gasteiger partial charge on any atom is -0.347 e. The maximum Gasteiger partial charge on any atom is 0.317 e. The number of halogens is 1. The highest BCUT2D eigenvalue weighted by molar-refractivity contribution is 7.10. The van der Waals surface area contributed by atoms with E-state index in [2.05, 4.69) is 5.32 Å². The zero-order chi connectivity index (χ0) is 22.0. The predicted octanol–water partition coefficient (Wildman–Crippen LogP) is 3.80. The lowest BCUT2D eigenvalue weighted by atomic mass is 10.2. The molecule has 0 spiro atoms. The van der Waals surface area contributed by atoms with Gasteiger partial charge in [-0.15, -0.1) is 11.3 Å². The molecule has 0 saturated carbocycles. The van der Waals surface area contributed by atoms with E-state index in [0.29, 0.717) is 16.1 Å². The van der Waals surface area contributed by atoms with Crippen LogP contribution in [0.3, 0.4) is 0 Å². The summed E-state index contributed by atoms with van der Waals surface area (Å²) in [5.74, 6) is -0.357. The summed E-state index contributed by atoms with van der Waals surface area (Å²) in [6.45, 7) is 1.85. The molecule has 8 heteroatoms. The van der Waals surface area contributed by atoms with Gasteiger partial charge in [0.2, 0.25) is 5.91 Å². The van der Waals surface area contributed by atoms with E-state index in [-0.39, 0.29) is 25.0 Å². The Hall–Kier alpha value is -3.16. The van der Waals surface area contributed by atoms with Crippen molar-refractivity contribution in [1.82, 2.24) is 14.5 Å². The van der Waals surface area contributed by atoms with Crippen molar-refractivity contribution in [3.63, 3.8) is 0 Å². The number of carbonyl (C=O) groups is 1. The zero-order valence-electron chi connectivity index (χ0n) is 16.7. The molecule has 0 saturated heterocycles. The second-order valence-corrected chi connectivity index (χ2v) is 8.62. The molecule has 2 heterocycles. The molecule has 4 rings (SSSR count). The van der Waals surface area contributed by atoms with Gasteiger partial charge in [-0.3, -0.25) is 23.5 Å². The van der Waals surface area contributed by atoms with Gasteiger partial charge in [-0.05, 0) is 42.1 Å². The van der Waals surface area contributed by atoms with Gasteiger partial charge >= 0.3 is 11.1 Å². The molecule has 0 bridgehead atoms. The number of carbonyl (C=O) groups excluding carboxylic acids is 1. The van der Waals surface area contributed by atoms with Gasteiger partial charge in [0.25, 0.3) is 0 Å². The molecule has 2 aromatic carbocycles. The average molecular weight is 454 g/mol. The van der Waals surface area contributed by atoms with Crippen molar-refractivity contribution >= 4 is 39.9 Å². The largest absolute Gasteiger partial charge is 0.347 e. The molecule has 1 amide bonds. The highest BCUT2D eigenvalue weighted by Gasteiger charge is 2.17. The Morgan fingerprint density at radius 2 is 1.74 bits per heavy atom. The molecule has 1 atom stereocenters. The van der Waals surface area contributed by atoms with Crippen LogP contribution in [0.1, 0.15) is 23.4 Å². The number of thiophene rings is 1. The van der Waals surface area contributed by atoms with Gasteiger partial charge in [-0.25, -0.2) is 0 Å². The molecule has 6 nitrogen and oxygen atoms in total. The highest BCUT2D eigenvalue weighted by Crippen LogP contribution is 2.20. The van der Waals surface area contributed by atoms with Crippen LogP contribution in [0.15, 0.2) is 75.6 Å². The molecule has 0 aliphatic heterocycles. The lowest BCUT2D eigenvalue weighted by Gasteiger charge is -2.17. The molecule has 0 aliphatic carbocycles. The molecular formula is C23H20ClN3O3S. The summed E-state index contributed by atoms with van der Waals surface area (Å²) in [6, 6.07) is 18.0. The SMILES string of the molecule is C[C@@H](NC(=O)Cn1c(=O)c(=O)n(Cc2ccccc2)c2ccc(Cl)cc21)c1cccs1. The monoisotopic (exact) mass is 453 g/mol. The van der Waals surface area contributed by atoms with Crippen molar-refractivity contribution in [3.05, 3.63) is 102 Å². The minimum atomic E-state index is -0.760. The summed E-state index contributed by atoms with van der Waals surface area (Å²) in [5, 5.41) is 5.23. The average Bonchev–Trinajstić information content (AvgIpc) is 3.30. The van der Waals surface area contributed by atoms with Crippen LogP contribution >= 0.6 is 22.9 Å². The first-order valence-corrected chi connectivity index (χ1v) is 11.0. The Bertz CT molecular complexity index is 1340. The summed E-state index contributed by atoms with van der Waals surface area (Å²) in [6.07, 6.45) is 0. The van der Waals surface area contributed by atoms with Crippen LogP contribution in [0.4, 0.5) is 0 Å². The van der Waals surface area contributed by atoms with E-state index in [4.69, 9.17) is 11.6 Å². The number of fused-ring (bicyclic) bond motifs is 1. The second-order valence-electron chi connectivity index (χ2n) is 7.21. The first-order chi connectivity index (χ1) is 14.9. The Morgan fingerprint density at radius 1 is 1.00 bits per heavy atom. The van der Waals surface area contributed by atoms with E-state index in [1.807, 2.05) is 54.8 Å². The van der Waals surface area contributed by atoms with Crippen LogP contribution in [0, 0.1) is 0 Å². The number of nitrogens with zero attached hydrogens (tertiary/aromatic N) is 2. The van der Waals surface area contributed by atoms with Gasteiger partial charge in [0.1, 0.15) is 6.54 Å². The van der Waals surface area contributed by atoms with Gasteiger partial charge in [0.15, 0.2) is 0 Å². The number of nitrogens with one attached hydrogen (secondary N) is 1. The van der Waals surface area contributed by atoms with Gasteiger partial charge < -0.3 is 5.32 Å². The standard InChI is InChI=1S/C23H20ClN3O3S/c1-15(20-8-5-11-31-20)25-21(28)14-27-19-12-17(24)9-10-18(19)26(22(29)23(27)30)13-16-6-3-2-4-7-16/h2-12,15H,13-14H2,1H3,(H,25,28)/t15-/m1/s1. The number of amides is 1. The quantitative estimate of drug-likeness (QED) is 0.451. The maximum atomic E-state index is 13.0. The van der Waals surface area contributed by atoms with Crippen molar-refractivity contribution in [3.8, 4) is 0 Å². The Kier molecular flexibility index (Phi) is 6.06. The summed E-state index contributed by atoms with van der Waals surface area (Å²) in [4.78, 5) is 39.6. The minimum absolute atomic E-state index is 0.198. The third-order valence-electron chi connectivity index (χ3n) is 5.02. The fraction of sp³-hybridized carbons (Fsp3) is 0.174. The van der Waals surface area contributed by atoms with E-state index in [0.717, 1.165) is 10.4 Å². The molecule has 0 radical (unpaired) electrons. The summed E-state index contributed by atoms with van der Waals surface area (Å²) in [7, 11) is 0. The third-order valence-corrected chi connectivity index (χ3v) is 6.32. The van der Waals surface area contributed by atoms with Crippen molar-refractivity contribution in [2.75, 3.05) is 0 Å². The van der Waals surface area contributed by atoms with Crippen LogP contribution in [0.5, 0.6) is 0 Å². The molecule has 0 aliphatic rings. The highest BCUT2D eigenvalue weighted by atomic mass is 35.5. The number of aromatic nitrogens is 2. The molecule has 0 fully saturated rings. The van der Waals surface area contributed by atoms with Gasteiger partial charge in [-0.2, -0.15) is 0 Å². The van der Waals surface area contributed by atoms with E-state index in [1.165, 1.54) is 20.5 Å². The lowest BCUT2D eigenvalue weighted by Crippen LogP contribution is -2.44. The molecule has 2 aromatic heterocycles. The van der Waals surface area contributed by atoms with E-state index >= 15 is 0 Å². The first kappa shape index (κ1) is 21.1. The smallest absolute Gasteiger partial charge is 0.317 e. The molecular weight excluding hydrogens is 434 g/mol. The fourth-order valence-corrected chi connectivity index (χ4v) is 4.41. The van der Waals surface area contributed by atoms with Crippen LogP contribution in [0.25, 0.3) is 11.0 Å². The van der Waals surface area contributed by atoms with Crippen LogP contribution in [0.2, 0.25) is 5.02 Å². The third kappa shape index (κ3) is 4.47. The zero-order valence-corrected chi connectivity index (χ0v) is 18.3. The van der Waals surface area contributed by atoms with Crippen molar-refractivity contribution < 1.29 is 4.79 Å². The number of benzene rings is 2. The number of hydrogen-bond acceptors (Lipinski definition) is 4. The first-order valence-electron chi connectivity index (χ1n) is 9.73. The van der Waals surface area contributed by atoms with Crippen LogP contribution < -0.4 is 16.4 Å². The van der Waals surface area contributed by atoms with Crippen LogP contribution in [-0.2, 0) is 17.9 Å². The topological polar surface area (TPSA) is 73.1 Å². The molecule has 158 valence electrons. The fourth-order valence-electron chi connectivity index (χ4n) is 3.51. The molecule has 31 heavy (non-hydrogen) atoms. The lowest BCUT2D eigenvalue weighted by molar-refractivity contribution is -0.122. The maximum absolute atomic E-state index is 13.0. The van der Waals surface area contributed by atoms with Crippen LogP contribution in [-0.4, -0.2) is 15.0 Å². The molecule has 1 N–H and O–H groups in total. The van der Waals surface area contributed by atoms with Gasteiger partial charge in [0, 0.05) is 9.90 Å². The number of hydrogen-bond donors (Lipinski definition) is 1. The Labute approximate surface area is 187 Å². The Morgan fingerprint density at radius 3 is 2.45 bits per heavy atom. The normalized spacial score (nSPS) is 12.1. The summed E-state index contributed by atoms with van der Waals surface area (Å²) >= 11 is 7.72.